The molecule has 0 aliphatic heterocycles. The predicted octanol–water partition coefficient (Wildman–Crippen LogP) is 1.59. The Morgan fingerprint density at radius 2 is 1.92 bits per heavy atom. The normalized spacial score (nSPS) is 10.7. The number of fused-ring (bicyclic) bond motifs is 1. The van der Waals surface area contributed by atoms with E-state index in [2.05, 4.69) is 18.0 Å². The van der Waals surface area contributed by atoms with Crippen LogP contribution < -0.4 is 21.5 Å². The second kappa shape index (κ2) is 7.38. The van der Waals surface area contributed by atoms with Gasteiger partial charge in [-0.2, -0.15) is 4.57 Å². The number of halogens is 2. The highest BCUT2D eigenvalue weighted by Gasteiger charge is 2.14. The molecule has 0 amide bonds. The van der Waals surface area contributed by atoms with Crippen LogP contribution in [0, 0.1) is 19.7 Å². The fourth-order valence-electron chi connectivity index (χ4n) is 3.09. The molecule has 3 nitrogen and oxygen atoms in total. The summed E-state index contributed by atoms with van der Waals surface area (Å²) in [4.78, 5) is 4.63. The molecule has 5 heteroatoms. The van der Waals surface area contributed by atoms with Gasteiger partial charge in [-0.3, -0.25) is 0 Å². The number of benzene rings is 2. The van der Waals surface area contributed by atoms with Gasteiger partial charge in [-0.05, 0) is 49.2 Å². The highest BCUT2D eigenvalue weighted by Crippen LogP contribution is 2.26. The van der Waals surface area contributed by atoms with Gasteiger partial charge < -0.3 is 21.4 Å². The molecule has 0 aliphatic rings. The number of pyridine rings is 1. The van der Waals surface area contributed by atoms with Crippen molar-refractivity contribution in [2.24, 2.45) is 0 Å². The molecule has 0 atom stereocenters. The molecule has 132 valence electrons. The molecule has 26 heavy (non-hydrogen) atoms. The van der Waals surface area contributed by atoms with Gasteiger partial charge in [0.2, 0.25) is 5.89 Å². The number of oxazole rings is 1. The Labute approximate surface area is 161 Å². The minimum absolute atomic E-state index is 0. The molecule has 0 saturated heterocycles. The second-order valence-corrected chi connectivity index (χ2v) is 6.34. The van der Waals surface area contributed by atoms with Crippen molar-refractivity contribution in [3.05, 3.63) is 83.4 Å². The molecule has 2 aromatic carbocycles. The molecule has 0 spiro atoms. The highest BCUT2D eigenvalue weighted by molar-refractivity contribution is 5.79. The van der Waals surface area contributed by atoms with Crippen molar-refractivity contribution in [2.45, 2.75) is 20.4 Å². The van der Waals surface area contributed by atoms with Gasteiger partial charge in [0.25, 0.3) is 0 Å². The van der Waals surface area contributed by atoms with Gasteiger partial charge in [-0.1, -0.05) is 18.2 Å². The summed E-state index contributed by atoms with van der Waals surface area (Å²) in [5.41, 5.74) is 5.74. The number of aromatic nitrogens is 2. The first-order valence-electron chi connectivity index (χ1n) is 8.20. The van der Waals surface area contributed by atoms with Crippen LogP contribution in [0.1, 0.15) is 16.7 Å². The first-order chi connectivity index (χ1) is 12.1. The van der Waals surface area contributed by atoms with Gasteiger partial charge in [0, 0.05) is 11.6 Å². The average molecular weight is 413 g/mol. The lowest BCUT2D eigenvalue weighted by molar-refractivity contribution is -0.687. The standard InChI is InChI=1S/C21H18FN2O.BrH/c1-14-9-15(2)20-19(10-14)23-21(25-20)17-6-4-8-24(13-17)12-16-5-3-7-18(22)11-16;/h3-11,13H,12H2,1-2H3;1H/q+1;/p-1. The van der Waals surface area contributed by atoms with Crippen LogP contribution >= 0.6 is 0 Å². The summed E-state index contributed by atoms with van der Waals surface area (Å²) in [7, 11) is 0. The van der Waals surface area contributed by atoms with Gasteiger partial charge in [0.1, 0.15) is 16.9 Å². The molecule has 0 fully saturated rings. The Bertz CT molecular complexity index is 1070. The van der Waals surface area contributed by atoms with Crippen molar-refractivity contribution in [2.75, 3.05) is 0 Å². The van der Waals surface area contributed by atoms with E-state index in [1.807, 2.05) is 48.1 Å². The number of hydrogen-bond acceptors (Lipinski definition) is 2. The maximum absolute atomic E-state index is 13.4. The minimum Gasteiger partial charge on any atom is -1.00 e. The van der Waals surface area contributed by atoms with Gasteiger partial charge in [0.05, 0.1) is 0 Å². The predicted molar refractivity (Wildman–Crippen MR) is 94.6 cm³/mol. The van der Waals surface area contributed by atoms with Crippen LogP contribution in [0.4, 0.5) is 4.39 Å². The molecular weight excluding hydrogens is 395 g/mol. The third kappa shape index (κ3) is 3.68. The van der Waals surface area contributed by atoms with Crippen molar-refractivity contribution < 1.29 is 30.4 Å². The summed E-state index contributed by atoms with van der Waals surface area (Å²) in [5.74, 6) is 0.372. The lowest BCUT2D eigenvalue weighted by atomic mass is 10.1. The highest BCUT2D eigenvalue weighted by atomic mass is 79.9. The van der Waals surface area contributed by atoms with E-state index in [0.29, 0.717) is 12.4 Å². The molecule has 0 radical (unpaired) electrons. The SMILES string of the molecule is Cc1cc(C)c2oc(-c3ccc[n+](Cc4cccc(F)c4)c3)nc2c1.[Br-]. The zero-order valence-corrected chi connectivity index (χ0v) is 16.1. The van der Waals surface area contributed by atoms with Crippen molar-refractivity contribution in [1.82, 2.24) is 4.98 Å². The fraction of sp³-hybridized carbons (Fsp3) is 0.143. The van der Waals surface area contributed by atoms with E-state index in [9.17, 15) is 4.39 Å². The van der Waals surface area contributed by atoms with Gasteiger partial charge >= 0.3 is 0 Å². The van der Waals surface area contributed by atoms with Crippen molar-refractivity contribution in [1.29, 1.82) is 0 Å². The summed E-state index contributed by atoms with van der Waals surface area (Å²) < 4.78 is 21.3. The van der Waals surface area contributed by atoms with Crippen LogP contribution in [0.2, 0.25) is 0 Å². The van der Waals surface area contributed by atoms with Crippen LogP contribution in [0.3, 0.4) is 0 Å². The van der Waals surface area contributed by atoms with E-state index < -0.39 is 0 Å². The van der Waals surface area contributed by atoms with Crippen LogP contribution in [-0.4, -0.2) is 4.98 Å². The van der Waals surface area contributed by atoms with Gasteiger partial charge in [0.15, 0.2) is 24.5 Å². The van der Waals surface area contributed by atoms with Crippen molar-refractivity contribution in [3.8, 4) is 11.5 Å². The quantitative estimate of drug-likeness (QED) is 0.478. The molecule has 0 bridgehead atoms. The Morgan fingerprint density at radius 3 is 2.73 bits per heavy atom. The number of hydrogen-bond donors (Lipinski definition) is 0. The Kier molecular flexibility index (Phi) is 5.18. The molecule has 4 aromatic rings. The molecule has 0 saturated carbocycles. The van der Waals surface area contributed by atoms with Gasteiger partial charge in [-0.15, -0.1) is 0 Å². The molecule has 4 rings (SSSR count). The first kappa shape index (κ1) is 18.3. The average Bonchev–Trinajstić information content (AvgIpc) is 2.99. The summed E-state index contributed by atoms with van der Waals surface area (Å²) in [6, 6.07) is 14.7. The minimum atomic E-state index is -0.223. The van der Waals surface area contributed by atoms with E-state index >= 15 is 0 Å². The molecule has 0 aliphatic carbocycles. The third-order valence-electron chi connectivity index (χ3n) is 4.18. The topological polar surface area (TPSA) is 29.9 Å². The summed E-state index contributed by atoms with van der Waals surface area (Å²) in [5, 5.41) is 0. The third-order valence-corrected chi connectivity index (χ3v) is 4.18. The van der Waals surface area contributed by atoms with Crippen LogP contribution in [0.25, 0.3) is 22.6 Å². The van der Waals surface area contributed by atoms with E-state index in [0.717, 1.165) is 27.8 Å². The van der Waals surface area contributed by atoms with Gasteiger partial charge in [-0.25, -0.2) is 9.37 Å². The van der Waals surface area contributed by atoms with E-state index in [4.69, 9.17) is 4.42 Å². The maximum atomic E-state index is 13.4. The van der Waals surface area contributed by atoms with E-state index in [1.165, 1.54) is 11.6 Å². The van der Waals surface area contributed by atoms with Crippen LogP contribution in [-0.2, 0) is 6.54 Å². The largest absolute Gasteiger partial charge is 1.00 e. The summed E-state index contributed by atoms with van der Waals surface area (Å²) in [6.45, 7) is 4.67. The number of rotatable bonds is 3. The van der Waals surface area contributed by atoms with Crippen molar-refractivity contribution in [3.63, 3.8) is 0 Å². The Morgan fingerprint density at radius 1 is 1.08 bits per heavy atom. The number of nitrogens with zero attached hydrogens (tertiary/aromatic N) is 2. The first-order valence-corrected chi connectivity index (χ1v) is 8.20. The molecule has 2 heterocycles. The Hall–Kier alpha value is -2.53. The molecular formula is C21H18BrFN2O. The number of aryl methyl sites for hydroxylation is 2. The zero-order chi connectivity index (χ0) is 17.4. The van der Waals surface area contributed by atoms with Crippen LogP contribution in [0.5, 0.6) is 0 Å². The molecule has 0 unspecified atom stereocenters. The van der Waals surface area contributed by atoms with E-state index in [1.54, 1.807) is 12.1 Å². The monoisotopic (exact) mass is 412 g/mol. The lowest BCUT2D eigenvalue weighted by Crippen LogP contribution is -3.00. The zero-order valence-electron chi connectivity index (χ0n) is 14.5. The smallest absolute Gasteiger partial charge is 0.233 e. The van der Waals surface area contributed by atoms with E-state index in [-0.39, 0.29) is 22.8 Å². The fourth-order valence-corrected chi connectivity index (χ4v) is 3.09. The maximum Gasteiger partial charge on any atom is 0.233 e. The van der Waals surface area contributed by atoms with Crippen molar-refractivity contribution >= 4 is 11.1 Å². The van der Waals surface area contributed by atoms with Crippen LogP contribution in [0.15, 0.2) is 65.3 Å². The molecule has 2 aromatic heterocycles. The summed E-state index contributed by atoms with van der Waals surface area (Å²) in [6.07, 6.45) is 3.92. The molecule has 0 N–H and O–H groups in total. The summed E-state index contributed by atoms with van der Waals surface area (Å²) >= 11 is 0. The Balaban J connectivity index is 0.00000196. The second-order valence-electron chi connectivity index (χ2n) is 6.34. The lowest BCUT2D eigenvalue weighted by Gasteiger charge is -1.99.